The van der Waals surface area contributed by atoms with Crippen LogP contribution in [-0.4, -0.2) is 31.6 Å². The van der Waals surface area contributed by atoms with Crippen molar-refractivity contribution in [3.63, 3.8) is 0 Å². The Morgan fingerprint density at radius 1 is 1.41 bits per heavy atom. The molecule has 22 heavy (non-hydrogen) atoms. The lowest BCUT2D eigenvalue weighted by Gasteiger charge is -2.30. The van der Waals surface area contributed by atoms with Crippen LogP contribution >= 0.6 is 11.3 Å². The van der Waals surface area contributed by atoms with E-state index in [9.17, 15) is 0 Å². The Balaban J connectivity index is 1.54. The van der Waals surface area contributed by atoms with Gasteiger partial charge in [0.05, 0.1) is 16.6 Å². The summed E-state index contributed by atoms with van der Waals surface area (Å²) < 4.78 is 5.46. The fourth-order valence-corrected chi connectivity index (χ4v) is 3.32. The minimum absolute atomic E-state index is 0.0735. The van der Waals surface area contributed by atoms with Gasteiger partial charge in [0.15, 0.2) is 0 Å². The third-order valence-electron chi connectivity index (χ3n) is 3.99. The van der Waals surface area contributed by atoms with Gasteiger partial charge in [0.1, 0.15) is 6.33 Å². The summed E-state index contributed by atoms with van der Waals surface area (Å²) in [4.78, 5) is 16.3. The van der Waals surface area contributed by atoms with Gasteiger partial charge in [-0.2, -0.15) is 4.98 Å². The number of nitrogens with zero attached hydrogens (tertiary/aromatic N) is 5. The Labute approximate surface area is 131 Å². The standard InChI is InChI=1S/C15H15N5OS/c1-10(15-18-14(19-21-15)13-3-2-6-22-13)20-5-4-11-7-16-9-17-12(11)8-20/h2-3,6-7,9-10H,4-5,8H2,1H3/t10-/m1/s1. The van der Waals surface area contributed by atoms with Gasteiger partial charge >= 0.3 is 0 Å². The molecule has 0 radical (unpaired) electrons. The first-order valence-electron chi connectivity index (χ1n) is 7.20. The molecule has 0 unspecified atom stereocenters. The molecular weight excluding hydrogens is 298 g/mol. The van der Waals surface area contributed by atoms with Gasteiger partial charge in [0.2, 0.25) is 11.7 Å². The highest BCUT2D eigenvalue weighted by molar-refractivity contribution is 7.13. The molecule has 6 nitrogen and oxygen atoms in total. The van der Waals surface area contributed by atoms with Crippen molar-refractivity contribution in [3.8, 4) is 10.7 Å². The first kappa shape index (κ1) is 13.5. The second-order valence-corrected chi connectivity index (χ2v) is 6.27. The van der Waals surface area contributed by atoms with E-state index in [-0.39, 0.29) is 6.04 Å². The van der Waals surface area contributed by atoms with Crippen molar-refractivity contribution in [2.75, 3.05) is 6.54 Å². The van der Waals surface area contributed by atoms with Crippen molar-refractivity contribution in [1.29, 1.82) is 0 Å². The molecule has 0 saturated heterocycles. The van der Waals surface area contributed by atoms with Crippen LogP contribution in [0.15, 0.2) is 34.6 Å². The van der Waals surface area contributed by atoms with Gasteiger partial charge in [-0.15, -0.1) is 11.3 Å². The van der Waals surface area contributed by atoms with E-state index >= 15 is 0 Å². The maximum Gasteiger partial charge on any atom is 0.244 e. The average Bonchev–Trinajstić information content (AvgIpc) is 3.24. The zero-order valence-electron chi connectivity index (χ0n) is 12.1. The molecule has 0 saturated carbocycles. The van der Waals surface area contributed by atoms with Crippen LogP contribution in [0.25, 0.3) is 10.7 Å². The molecular formula is C15H15N5OS. The molecule has 7 heteroatoms. The second kappa shape index (κ2) is 5.58. The summed E-state index contributed by atoms with van der Waals surface area (Å²) in [5, 5.41) is 6.10. The second-order valence-electron chi connectivity index (χ2n) is 5.32. The van der Waals surface area contributed by atoms with Crippen molar-refractivity contribution in [3.05, 3.63) is 47.2 Å². The first-order chi connectivity index (χ1) is 10.8. The van der Waals surface area contributed by atoms with Crippen molar-refractivity contribution < 1.29 is 4.52 Å². The van der Waals surface area contributed by atoms with E-state index in [0.29, 0.717) is 11.7 Å². The molecule has 0 aliphatic carbocycles. The van der Waals surface area contributed by atoms with Gasteiger partial charge in [0, 0.05) is 19.3 Å². The van der Waals surface area contributed by atoms with E-state index in [1.807, 2.05) is 23.7 Å². The number of rotatable bonds is 3. The minimum Gasteiger partial charge on any atom is -0.337 e. The maximum absolute atomic E-state index is 5.46. The van der Waals surface area contributed by atoms with Gasteiger partial charge in [0.25, 0.3) is 0 Å². The molecule has 1 aliphatic rings. The number of hydrogen-bond acceptors (Lipinski definition) is 7. The number of fused-ring (bicyclic) bond motifs is 1. The van der Waals surface area contributed by atoms with Crippen LogP contribution in [0.3, 0.4) is 0 Å². The van der Waals surface area contributed by atoms with Crippen molar-refractivity contribution in [1.82, 2.24) is 25.0 Å². The quantitative estimate of drug-likeness (QED) is 0.740. The van der Waals surface area contributed by atoms with E-state index in [4.69, 9.17) is 4.52 Å². The number of aromatic nitrogens is 4. The van der Waals surface area contributed by atoms with Crippen LogP contribution in [0.1, 0.15) is 30.1 Å². The molecule has 4 rings (SSSR count). The lowest BCUT2D eigenvalue weighted by Crippen LogP contribution is -2.33. The van der Waals surface area contributed by atoms with Crippen LogP contribution in [0.4, 0.5) is 0 Å². The molecule has 3 aromatic heterocycles. The molecule has 0 aromatic carbocycles. The summed E-state index contributed by atoms with van der Waals surface area (Å²) in [5.41, 5.74) is 2.32. The van der Waals surface area contributed by atoms with E-state index in [0.717, 1.165) is 30.1 Å². The monoisotopic (exact) mass is 313 g/mol. The molecule has 0 spiro atoms. The molecule has 4 heterocycles. The van der Waals surface area contributed by atoms with E-state index < -0.39 is 0 Å². The van der Waals surface area contributed by atoms with E-state index in [1.54, 1.807) is 17.7 Å². The van der Waals surface area contributed by atoms with Crippen LogP contribution < -0.4 is 0 Å². The van der Waals surface area contributed by atoms with Crippen molar-refractivity contribution in [2.45, 2.75) is 25.9 Å². The Hall–Kier alpha value is -2.12. The van der Waals surface area contributed by atoms with E-state index in [1.165, 1.54) is 5.56 Å². The fraction of sp³-hybridized carbons (Fsp3) is 0.333. The van der Waals surface area contributed by atoms with Crippen LogP contribution in [0.5, 0.6) is 0 Å². The summed E-state index contributed by atoms with van der Waals surface area (Å²) in [6.07, 6.45) is 4.47. The Morgan fingerprint density at radius 2 is 2.36 bits per heavy atom. The molecule has 0 bridgehead atoms. The lowest BCUT2D eigenvalue weighted by atomic mass is 10.1. The molecule has 3 aromatic rings. The van der Waals surface area contributed by atoms with Crippen LogP contribution in [0, 0.1) is 0 Å². The highest BCUT2D eigenvalue weighted by Gasteiger charge is 2.26. The van der Waals surface area contributed by atoms with Crippen LogP contribution in [0.2, 0.25) is 0 Å². The van der Waals surface area contributed by atoms with Gasteiger partial charge in [-0.3, -0.25) is 4.90 Å². The highest BCUT2D eigenvalue weighted by Crippen LogP contribution is 2.28. The smallest absolute Gasteiger partial charge is 0.244 e. The molecule has 0 fully saturated rings. The van der Waals surface area contributed by atoms with Gasteiger partial charge in [-0.1, -0.05) is 11.2 Å². The largest absolute Gasteiger partial charge is 0.337 e. The normalized spacial score (nSPS) is 16.4. The molecule has 1 atom stereocenters. The molecule has 0 amide bonds. The third-order valence-corrected chi connectivity index (χ3v) is 4.86. The summed E-state index contributed by atoms with van der Waals surface area (Å²) in [6.45, 7) is 3.83. The summed E-state index contributed by atoms with van der Waals surface area (Å²) in [7, 11) is 0. The number of hydrogen-bond donors (Lipinski definition) is 0. The maximum atomic E-state index is 5.46. The first-order valence-corrected chi connectivity index (χ1v) is 8.08. The highest BCUT2D eigenvalue weighted by atomic mass is 32.1. The number of thiophene rings is 1. The summed E-state index contributed by atoms with van der Waals surface area (Å²) in [5.74, 6) is 1.32. The van der Waals surface area contributed by atoms with Gasteiger partial charge < -0.3 is 4.52 Å². The summed E-state index contributed by atoms with van der Waals surface area (Å²) >= 11 is 1.61. The fourth-order valence-electron chi connectivity index (χ4n) is 2.67. The third kappa shape index (κ3) is 2.42. The molecule has 1 aliphatic heterocycles. The topological polar surface area (TPSA) is 67.9 Å². The van der Waals surface area contributed by atoms with Crippen molar-refractivity contribution >= 4 is 11.3 Å². The average molecular weight is 313 g/mol. The predicted molar refractivity (Wildman–Crippen MR) is 82.2 cm³/mol. The zero-order valence-corrected chi connectivity index (χ0v) is 13.0. The Kier molecular flexibility index (Phi) is 3.44. The Bertz CT molecular complexity index is 770. The minimum atomic E-state index is 0.0735. The zero-order chi connectivity index (χ0) is 14.9. The molecule has 112 valence electrons. The Morgan fingerprint density at radius 3 is 3.23 bits per heavy atom. The van der Waals surface area contributed by atoms with Crippen molar-refractivity contribution in [2.24, 2.45) is 0 Å². The molecule has 0 N–H and O–H groups in total. The SMILES string of the molecule is C[C@H](c1nc(-c2cccs2)no1)N1CCc2cncnc2C1. The van der Waals surface area contributed by atoms with Gasteiger partial charge in [-0.05, 0) is 30.4 Å². The lowest BCUT2D eigenvalue weighted by molar-refractivity contribution is 0.155. The predicted octanol–water partition coefficient (Wildman–Crippen LogP) is 2.71. The van der Waals surface area contributed by atoms with Gasteiger partial charge in [-0.25, -0.2) is 9.97 Å². The van der Waals surface area contributed by atoms with E-state index in [2.05, 4.69) is 31.9 Å². The summed E-state index contributed by atoms with van der Waals surface area (Å²) in [6, 6.07) is 4.06. The van der Waals surface area contributed by atoms with Crippen LogP contribution in [-0.2, 0) is 13.0 Å².